The van der Waals surface area contributed by atoms with E-state index < -0.39 is 0 Å². The zero-order valence-corrected chi connectivity index (χ0v) is 8.60. The minimum absolute atomic E-state index is 0.168. The molecule has 0 amide bonds. The Bertz CT molecular complexity index is 341. The van der Waals surface area contributed by atoms with Crippen molar-refractivity contribution in [1.82, 2.24) is 4.98 Å². The molecule has 0 unspecified atom stereocenters. The number of nitrogens with one attached hydrogen (secondary N) is 2. The van der Waals surface area contributed by atoms with Gasteiger partial charge in [-0.2, -0.15) is 0 Å². The summed E-state index contributed by atoms with van der Waals surface area (Å²) < 4.78 is 0. The summed E-state index contributed by atoms with van der Waals surface area (Å²) >= 11 is 5.96. The third-order valence-corrected chi connectivity index (χ3v) is 2.23. The number of aliphatic hydroxyl groups is 1. The molecule has 5 heteroatoms. The van der Waals surface area contributed by atoms with Gasteiger partial charge in [0, 0.05) is 24.5 Å². The molecule has 0 fully saturated rings. The fraction of sp³-hybridized carbons (Fsp3) is 0.333. The van der Waals surface area contributed by atoms with Crippen molar-refractivity contribution < 1.29 is 5.11 Å². The van der Waals surface area contributed by atoms with Crippen LogP contribution in [-0.2, 0) is 6.61 Å². The van der Waals surface area contributed by atoms with Crippen LogP contribution >= 0.6 is 11.6 Å². The summed E-state index contributed by atoms with van der Waals surface area (Å²) in [7, 11) is 0. The van der Waals surface area contributed by atoms with E-state index in [1.807, 2.05) is 6.92 Å². The van der Waals surface area contributed by atoms with Gasteiger partial charge in [0.05, 0.1) is 17.2 Å². The zero-order valence-electron chi connectivity index (χ0n) is 7.84. The molecule has 0 aliphatic heterocycles. The van der Waals surface area contributed by atoms with Crippen LogP contribution in [0.1, 0.15) is 18.1 Å². The molecular formula is C9H12ClN3O. The third-order valence-electron chi connectivity index (χ3n) is 1.78. The minimum atomic E-state index is -0.168. The van der Waals surface area contributed by atoms with Gasteiger partial charge in [0.1, 0.15) is 5.82 Å². The van der Waals surface area contributed by atoms with E-state index in [2.05, 4.69) is 10.3 Å². The number of pyridine rings is 1. The zero-order chi connectivity index (χ0) is 10.6. The molecule has 76 valence electrons. The number of anilines is 1. The summed E-state index contributed by atoms with van der Waals surface area (Å²) in [5.74, 6) is 0.574. The smallest absolute Gasteiger partial charge is 0.136 e. The number of rotatable bonds is 4. The van der Waals surface area contributed by atoms with Crippen LogP contribution in [0.4, 0.5) is 5.82 Å². The van der Waals surface area contributed by atoms with Gasteiger partial charge in [0.2, 0.25) is 0 Å². The molecule has 1 heterocycles. The topological polar surface area (TPSA) is 69.0 Å². The van der Waals surface area contributed by atoms with Crippen LogP contribution in [0.5, 0.6) is 0 Å². The van der Waals surface area contributed by atoms with Crippen molar-refractivity contribution in [3.8, 4) is 0 Å². The maximum atomic E-state index is 8.94. The summed E-state index contributed by atoms with van der Waals surface area (Å²) in [5.41, 5.74) is 1.05. The molecule has 0 aromatic carbocycles. The number of aromatic nitrogens is 1. The molecule has 0 saturated heterocycles. The third kappa shape index (κ3) is 2.02. The summed E-state index contributed by atoms with van der Waals surface area (Å²) in [4.78, 5) is 4.06. The van der Waals surface area contributed by atoms with E-state index in [1.54, 1.807) is 0 Å². The lowest BCUT2D eigenvalue weighted by Gasteiger charge is -2.09. The van der Waals surface area contributed by atoms with Crippen molar-refractivity contribution in [2.45, 2.75) is 13.5 Å². The highest BCUT2D eigenvalue weighted by molar-refractivity contribution is 6.34. The summed E-state index contributed by atoms with van der Waals surface area (Å²) in [5, 5.41) is 19.5. The lowest BCUT2D eigenvalue weighted by atomic mass is 10.2. The van der Waals surface area contributed by atoms with E-state index in [0.717, 1.165) is 6.21 Å². The molecule has 4 nitrogen and oxygen atoms in total. The van der Waals surface area contributed by atoms with Crippen molar-refractivity contribution in [3.05, 3.63) is 22.3 Å². The predicted octanol–water partition coefficient (Wildman–Crippen LogP) is 1.66. The highest BCUT2D eigenvalue weighted by atomic mass is 35.5. The van der Waals surface area contributed by atoms with Crippen LogP contribution < -0.4 is 5.32 Å². The number of aliphatic hydroxyl groups excluding tert-OH is 1. The van der Waals surface area contributed by atoms with Gasteiger partial charge in [-0.3, -0.25) is 0 Å². The molecule has 1 rings (SSSR count). The van der Waals surface area contributed by atoms with Gasteiger partial charge >= 0.3 is 0 Å². The van der Waals surface area contributed by atoms with E-state index >= 15 is 0 Å². The van der Waals surface area contributed by atoms with Crippen molar-refractivity contribution in [2.24, 2.45) is 0 Å². The Balaban J connectivity index is 3.21. The van der Waals surface area contributed by atoms with Crippen LogP contribution in [0, 0.1) is 5.41 Å². The SMILES string of the molecule is CCNc1ncc(CO)c(Cl)c1C=N. The molecule has 14 heavy (non-hydrogen) atoms. The molecule has 3 N–H and O–H groups in total. The van der Waals surface area contributed by atoms with Crippen molar-refractivity contribution >= 4 is 23.6 Å². The predicted molar refractivity (Wildman–Crippen MR) is 57.2 cm³/mol. The maximum Gasteiger partial charge on any atom is 0.136 e. The number of nitrogens with zero attached hydrogens (tertiary/aromatic N) is 1. The molecule has 0 bridgehead atoms. The molecule has 0 saturated carbocycles. The average Bonchev–Trinajstić information content (AvgIpc) is 2.19. The molecule has 0 atom stereocenters. The Morgan fingerprint density at radius 3 is 2.93 bits per heavy atom. The fourth-order valence-electron chi connectivity index (χ4n) is 1.10. The second-order valence-electron chi connectivity index (χ2n) is 2.69. The Hall–Kier alpha value is -1.13. The van der Waals surface area contributed by atoms with Gasteiger partial charge in [0.15, 0.2) is 0 Å². The van der Waals surface area contributed by atoms with Crippen molar-refractivity contribution in [3.63, 3.8) is 0 Å². The minimum Gasteiger partial charge on any atom is -0.392 e. The van der Waals surface area contributed by atoms with Gasteiger partial charge in [0.25, 0.3) is 0 Å². The standard InChI is InChI=1S/C9H12ClN3O/c1-2-12-9-7(3-11)8(10)6(5-14)4-13-9/h3-4,11,14H,2,5H2,1H3,(H,12,13). The van der Waals surface area contributed by atoms with Crippen molar-refractivity contribution in [1.29, 1.82) is 5.41 Å². The summed E-state index contributed by atoms with van der Waals surface area (Å²) in [6.45, 7) is 2.48. The number of hydrogen-bond donors (Lipinski definition) is 3. The van der Waals surface area contributed by atoms with E-state index in [0.29, 0.717) is 28.5 Å². The molecule has 0 spiro atoms. The maximum absolute atomic E-state index is 8.94. The second kappa shape index (κ2) is 4.93. The lowest BCUT2D eigenvalue weighted by molar-refractivity contribution is 0.281. The Kier molecular flexibility index (Phi) is 3.85. The number of halogens is 1. The first-order chi connectivity index (χ1) is 6.74. The van der Waals surface area contributed by atoms with Crippen LogP contribution in [0.15, 0.2) is 6.20 Å². The highest BCUT2D eigenvalue weighted by Crippen LogP contribution is 2.24. The van der Waals surface area contributed by atoms with E-state index in [4.69, 9.17) is 22.1 Å². The van der Waals surface area contributed by atoms with Gasteiger partial charge < -0.3 is 15.8 Å². The fourth-order valence-corrected chi connectivity index (χ4v) is 1.35. The largest absolute Gasteiger partial charge is 0.392 e. The number of hydrogen-bond acceptors (Lipinski definition) is 4. The van der Waals surface area contributed by atoms with Crippen LogP contribution in [0.25, 0.3) is 0 Å². The molecular weight excluding hydrogens is 202 g/mol. The molecule has 0 aliphatic carbocycles. The molecule has 1 aromatic rings. The quantitative estimate of drug-likeness (QED) is 0.667. The summed E-state index contributed by atoms with van der Waals surface area (Å²) in [6.07, 6.45) is 2.64. The van der Waals surface area contributed by atoms with Gasteiger partial charge in [-0.15, -0.1) is 0 Å². The van der Waals surface area contributed by atoms with Gasteiger partial charge in [-0.25, -0.2) is 4.98 Å². The first-order valence-electron chi connectivity index (χ1n) is 4.27. The first kappa shape index (κ1) is 10.9. The Morgan fingerprint density at radius 2 is 2.43 bits per heavy atom. The molecule has 1 aromatic heterocycles. The normalized spacial score (nSPS) is 9.93. The Labute approximate surface area is 87.4 Å². The van der Waals surface area contributed by atoms with Crippen LogP contribution in [-0.4, -0.2) is 22.8 Å². The van der Waals surface area contributed by atoms with E-state index in [1.165, 1.54) is 6.20 Å². The highest BCUT2D eigenvalue weighted by Gasteiger charge is 2.09. The Morgan fingerprint density at radius 1 is 1.71 bits per heavy atom. The molecule has 0 aliphatic rings. The molecule has 0 radical (unpaired) electrons. The first-order valence-corrected chi connectivity index (χ1v) is 4.65. The van der Waals surface area contributed by atoms with Crippen LogP contribution in [0.3, 0.4) is 0 Å². The van der Waals surface area contributed by atoms with Gasteiger partial charge in [-0.05, 0) is 6.92 Å². The summed E-state index contributed by atoms with van der Waals surface area (Å²) in [6, 6.07) is 0. The van der Waals surface area contributed by atoms with Crippen LogP contribution in [0.2, 0.25) is 5.02 Å². The average molecular weight is 214 g/mol. The van der Waals surface area contributed by atoms with Crippen molar-refractivity contribution in [2.75, 3.05) is 11.9 Å². The van der Waals surface area contributed by atoms with E-state index in [9.17, 15) is 0 Å². The monoisotopic (exact) mass is 213 g/mol. The second-order valence-corrected chi connectivity index (χ2v) is 3.07. The van der Waals surface area contributed by atoms with E-state index in [-0.39, 0.29) is 6.61 Å². The van der Waals surface area contributed by atoms with Gasteiger partial charge in [-0.1, -0.05) is 11.6 Å². The lowest BCUT2D eigenvalue weighted by Crippen LogP contribution is -2.05.